The highest BCUT2D eigenvalue weighted by atomic mass is 32.2. The predicted molar refractivity (Wildman–Crippen MR) is 62.0 cm³/mol. The molecule has 3 nitrogen and oxygen atoms in total. The van der Waals surface area contributed by atoms with Crippen LogP contribution in [0.2, 0.25) is 0 Å². The first-order valence-electron chi connectivity index (χ1n) is 5.00. The molecule has 0 unspecified atom stereocenters. The van der Waals surface area contributed by atoms with Crippen LogP contribution in [0.25, 0.3) is 0 Å². The first kappa shape index (κ1) is 11.9. The maximum absolute atomic E-state index is 11.8. The summed E-state index contributed by atoms with van der Waals surface area (Å²) < 4.78 is 23.5. The fourth-order valence-electron chi connectivity index (χ4n) is 2.14. The zero-order valence-electron chi connectivity index (χ0n) is 8.40. The highest BCUT2D eigenvalue weighted by Crippen LogP contribution is 2.31. The Labute approximate surface area is 91.0 Å². The largest absolute Gasteiger partial charge is 0.392 e. The summed E-state index contributed by atoms with van der Waals surface area (Å²) >= 11 is 4.87. The normalized spacial score (nSPS) is 20.9. The number of hydrogen-bond acceptors (Lipinski definition) is 3. The summed E-state index contributed by atoms with van der Waals surface area (Å²) in [4.78, 5) is 0.152. The molecule has 0 amide bonds. The van der Waals surface area contributed by atoms with Gasteiger partial charge >= 0.3 is 0 Å². The molecule has 1 saturated carbocycles. The average Bonchev–Trinajstić information content (AvgIpc) is 2.56. The molecule has 0 aromatic heterocycles. The summed E-state index contributed by atoms with van der Waals surface area (Å²) in [6.07, 6.45) is 4.09. The van der Waals surface area contributed by atoms with Crippen molar-refractivity contribution < 1.29 is 8.42 Å². The van der Waals surface area contributed by atoms with E-state index in [0.29, 0.717) is 0 Å². The predicted octanol–water partition coefficient (Wildman–Crippen LogP) is 1.27. The fraction of sp³-hybridized carbons (Fsp3) is 0.889. The molecule has 0 radical (unpaired) electrons. The smallest absolute Gasteiger partial charge is 0.159 e. The van der Waals surface area contributed by atoms with E-state index in [9.17, 15) is 8.42 Å². The molecular formula is C9H17NO2S2. The molecule has 5 heteroatoms. The second-order valence-electron chi connectivity index (χ2n) is 3.82. The van der Waals surface area contributed by atoms with E-state index in [1.165, 1.54) is 0 Å². The van der Waals surface area contributed by atoms with Gasteiger partial charge in [0.05, 0.1) is 4.99 Å². The first-order chi connectivity index (χ1) is 6.49. The van der Waals surface area contributed by atoms with Gasteiger partial charge in [0.1, 0.15) is 5.25 Å². The molecule has 0 spiro atoms. The average molecular weight is 235 g/mol. The van der Waals surface area contributed by atoms with Gasteiger partial charge in [0.15, 0.2) is 9.84 Å². The highest BCUT2D eigenvalue weighted by Gasteiger charge is 2.35. The minimum Gasteiger partial charge on any atom is -0.392 e. The van der Waals surface area contributed by atoms with E-state index >= 15 is 0 Å². The van der Waals surface area contributed by atoms with Crippen LogP contribution < -0.4 is 5.73 Å². The van der Waals surface area contributed by atoms with Gasteiger partial charge in [-0.1, -0.05) is 32.0 Å². The monoisotopic (exact) mass is 235 g/mol. The van der Waals surface area contributed by atoms with Crippen LogP contribution in [0.4, 0.5) is 0 Å². The van der Waals surface area contributed by atoms with Gasteiger partial charge in [-0.05, 0) is 18.8 Å². The molecule has 0 saturated heterocycles. The molecule has 14 heavy (non-hydrogen) atoms. The summed E-state index contributed by atoms with van der Waals surface area (Å²) in [7, 11) is -3.11. The summed E-state index contributed by atoms with van der Waals surface area (Å²) in [5, 5.41) is -0.579. The zero-order valence-corrected chi connectivity index (χ0v) is 10.0. The fourth-order valence-corrected chi connectivity index (χ4v) is 4.35. The third-order valence-corrected chi connectivity index (χ3v) is 5.52. The highest BCUT2D eigenvalue weighted by molar-refractivity contribution is 7.94. The van der Waals surface area contributed by atoms with Crippen molar-refractivity contribution >= 4 is 27.0 Å². The van der Waals surface area contributed by atoms with Crippen LogP contribution in [0, 0.1) is 5.92 Å². The van der Waals surface area contributed by atoms with Crippen LogP contribution in [0.3, 0.4) is 0 Å². The zero-order chi connectivity index (χ0) is 10.8. The van der Waals surface area contributed by atoms with Crippen molar-refractivity contribution in [2.24, 2.45) is 11.7 Å². The molecule has 0 aliphatic heterocycles. The van der Waals surface area contributed by atoms with Crippen LogP contribution in [-0.4, -0.2) is 24.4 Å². The standard InChI is InChI=1S/C9H17NO2S2/c1-2-14(11,12)8(9(10)13)7-5-3-4-6-7/h7-8H,2-6H2,1H3,(H2,10,13)/t8-/m1/s1. The van der Waals surface area contributed by atoms with Crippen molar-refractivity contribution in [2.45, 2.75) is 37.9 Å². The van der Waals surface area contributed by atoms with Gasteiger partial charge in [-0.2, -0.15) is 0 Å². The van der Waals surface area contributed by atoms with Crippen molar-refractivity contribution in [3.63, 3.8) is 0 Å². The van der Waals surface area contributed by atoms with Crippen LogP contribution in [0.1, 0.15) is 32.6 Å². The van der Waals surface area contributed by atoms with Gasteiger partial charge in [-0.3, -0.25) is 0 Å². The van der Waals surface area contributed by atoms with Gasteiger partial charge in [0.25, 0.3) is 0 Å². The lowest BCUT2D eigenvalue weighted by molar-refractivity contribution is 0.534. The maximum atomic E-state index is 11.8. The first-order valence-corrected chi connectivity index (χ1v) is 7.12. The Hall–Kier alpha value is -0.160. The Morgan fingerprint density at radius 2 is 2.00 bits per heavy atom. The van der Waals surface area contributed by atoms with Gasteiger partial charge < -0.3 is 5.73 Å². The molecule has 1 aliphatic rings. The Balaban J connectivity index is 2.89. The molecule has 2 N–H and O–H groups in total. The molecule has 82 valence electrons. The summed E-state index contributed by atoms with van der Waals surface area (Å²) in [6.45, 7) is 1.65. The maximum Gasteiger partial charge on any atom is 0.159 e. The van der Waals surface area contributed by atoms with Crippen LogP contribution in [-0.2, 0) is 9.84 Å². The third kappa shape index (κ3) is 2.45. The van der Waals surface area contributed by atoms with Gasteiger partial charge in [0.2, 0.25) is 0 Å². The lowest BCUT2D eigenvalue weighted by Crippen LogP contribution is -2.40. The van der Waals surface area contributed by atoms with E-state index in [-0.39, 0.29) is 16.7 Å². The second kappa shape index (κ2) is 4.57. The molecule has 1 rings (SSSR count). The van der Waals surface area contributed by atoms with E-state index in [1.807, 2.05) is 0 Å². The minimum atomic E-state index is -3.11. The topological polar surface area (TPSA) is 60.2 Å². The van der Waals surface area contributed by atoms with Crippen molar-refractivity contribution in [1.82, 2.24) is 0 Å². The Morgan fingerprint density at radius 1 is 1.50 bits per heavy atom. The van der Waals surface area contributed by atoms with Crippen molar-refractivity contribution in [3.05, 3.63) is 0 Å². The molecule has 0 aromatic carbocycles. The number of hydrogen-bond donors (Lipinski definition) is 1. The van der Waals surface area contributed by atoms with E-state index < -0.39 is 15.1 Å². The summed E-state index contributed by atoms with van der Waals surface area (Å²) in [5.41, 5.74) is 5.53. The lowest BCUT2D eigenvalue weighted by atomic mass is 10.0. The number of nitrogens with two attached hydrogens (primary N) is 1. The van der Waals surface area contributed by atoms with Crippen LogP contribution in [0.15, 0.2) is 0 Å². The Bertz CT molecular complexity index is 305. The van der Waals surface area contributed by atoms with Crippen LogP contribution >= 0.6 is 12.2 Å². The lowest BCUT2D eigenvalue weighted by Gasteiger charge is -2.21. The molecular weight excluding hydrogens is 218 g/mol. The Morgan fingerprint density at radius 3 is 2.36 bits per heavy atom. The molecule has 0 aromatic rings. The minimum absolute atomic E-state index is 0.130. The summed E-state index contributed by atoms with van der Waals surface area (Å²) in [5.74, 6) is 0.295. The van der Waals surface area contributed by atoms with Crippen molar-refractivity contribution in [1.29, 1.82) is 0 Å². The Kier molecular flexibility index (Phi) is 3.89. The van der Waals surface area contributed by atoms with Crippen LogP contribution in [0.5, 0.6) is 0 Å². The number of rotatable bonds is 4. The van der Waals surface area contributed by atoms with E-state index in [4.69, 9.17) is 18.0 Å². The molecule has 1 atom stereocenters. The SMILES string of the molecule is CCS(=O)(=O)[C@@H](C(N)=S)C1CCCC1. The van der Waals surface area contributed by atoms with E-state index in [2.05, 4.69) is 0 Å². The number of thiocarbonyl (C=S) groups is 1. The molecule has 1 fully saturated rings. The van der Waals surface area contributed by atoms with Gasteiger partial charge in [-0.15, -0.1) is 0 Å². The van der Waals surface area contributed by atoms with Gasteiger partial charge in [-0.25, -0.2) is 8.42 Å². The number of sulfone groups is 1. The third-order valence-electron chi connectivity index (χ3n) is 2.90. The van der Waals surface area contributed by atoms with Crippen molar-refractivity contribution in [2.75, 3.05) is 5.75 Å². The van der Waals surface area contributed by atoms with E-state index in [0.717, 1.165) is 25.7 Å². The molecule has 0 bridgehead atoms. The quantitative estimate of drug-likeness (QED) is 0.745. The van der Waals surface area contributed by atoms with Crippen molar-refractivity contribution in [3.8, 4) is 0 Å². The second-order valence-corrected chi connectivity index (χ2v) is 6.70. The van der Waals surface area contributed by atoms with Gasteiger partial charge in [0, 0.05) is 5.75 Å². The molecule has 0 heterocycles. The summed E-state index contributed by atoms with van der Waals surface area (Å²) in [6, 6.07) is 0. The molecule has 1 aliphatic carbocycles. The van der Waals surface area contributed by atoms with E-state index in [1.54, 1.807) is 6.92 Å².